The molecule has 0 fully saturated rings. The van der Waals surface area contributed by atoms with E-state index in [4.69, 9.17) is 9.47 Å². The Morgan fingerprint density at radius 2 is 1.79 bits per heavy atom. The highest BCUT2D eigenvalue weighted by molar-refractivity contribution is 5.94. The van der Waals surface area contributed by atoms with Crippen molar-refractivity contribution in [1.82, 2.24) is 15.0 Å². The van der Waals surface area contributed by atoms with Crippen LogP contribution in [0.5, 0.6) is 11.5 Å². The van der Waals surface area contributed by atoms with Gasteiger partial charge in [0, 0.05) is 23.3 Å². The zero-order valence-electron chi connectivity index (χ0n) is 19.0. The van der Waals surface area contributed by atoms with Gasteiger partial charge < -0.3 is 20.1 Å². The molecular formula is C24H24N6O4. The maximum absolute atomic E-state index is 11.9. The number of nitro groups is 1. The van der Waals surface area contributed by atoms with Crippen LogP contribution in [0.2, 0.25) is 0 Å². The number of ether oxygens (including phenoxy) is 2. The normalized spacial score (nSPS) is 10.7. The van der Waals surface area contributed by atoms with E-state index in [0.717, 1.165) is 22.2 Å². The Morgan fingerprint density at radius 3 is 2.56 bits per heavy atom. The molecule has 4 aromatic rings. The van der Waals surface area contributed by atoms with Crippen molar-refractivity contribution < 1.29 is 14.4 Å². The van der Waals surface area contributed by atoms with E-state index in [1.807, 2.05) is 55.5 Å². The topological polar surface area (TPSA) is 124 Å². The molecule has 0 aliphatic carbocycles. The quantitative estimate of drug-likeness (QED) is 0.271. The van der Waals surface area contributed by atoms with Crippen LogP contribution in [0.25, 0.3) is 10.9 Å². The largest absolute Gasteiger partial charge is 0.493 e. The second kappa shape index (κ2) is 9.99. The van der Waals surface area contributed by atoms with E-state index in [0.29, 0.717) is 30.2 Å². The highest BCUT2D eigenvalue weighted by atomic mass is 16.6. The van der Waals surface area contributed by atoms with Crippen LogP contribution in [0, 0.1) is 17.0 Å². The van der Waals surface area contributed by atoms with Gasteiger partial charge in [-0.2, -0.15) is 0 Å². The predicted octanol–water partition coefficient (Wildman–Crippen LogP) is 4.66. The molecule has 34 heavy (non-hydrogen) atoms. The number of anilines is 3. The average Bonchev–Trinajstić information content (AvgIpc) is 2.83. The van der Waals surface area contributed by atoms with Crippen LogP contribution in [0.1, 0.15) is 11.3 Å². The Hall–Kier alpha value is -4.47. The van der Waals surface area contributed by atoms with Gasteiger partial charge in [-0.05, 0) is 55.3 Å². The Bertz CT molecular complexity index is 1340. The summed E-state index contributed by atoms with van der Waals surface area (Å²) in [6.07, 6.45) is 1.89. The van der Waals surface area contributed by atoms with Crippen LogP contribution in [-0.2, 0) is 6.42 Å². The fourth-order valence-electron chi connectivity index (χ4n) is 3.63. The molecule has 2 N–H and O–H groups in total. The van der Waals surface area contributed by atoms with Gasteiger partial charge in [0.05, 0.1) is 24.7 Å². The summed E-state index contributed by atoms with van der Waals surface area (Å²) in [4.78, 5) is 24.2. The first kappa shape index (κ1) is 22.7. The lowest BCUT2D eigenvalue weighted by atomic mass is 10.1. The fraction of sp³-hybridized carbons (Fsp3) is 0.208. The summed E-state index contributed by atoms with van der Waals surface area (Å²) in [5, 5.41) is 18.9. The molecule has 0 unspecified atom stereocenters. The second-order valence-electron chi connectivity index (χ2n) is 7.49. The van der Waals surface area contributed by atoms with E-state index in [2.05, 4.69) is 25.6 Å². The van der Waals surface area contributed by atoms with E-state index in [9.17, 15) is 10.1 Å². The van der Waals surface area contributed by atoms with E-state index in [-0.39, 0.29) is 17.3 Å². The van der Waals surface area contributed by atoms with Crippen molar-refractivity contribution >= 4 is 33.9 Å². The van der Waals surface area contributed by atoms with Crippen LogP contribution >= 0.6 is 0 Å². The fourth-order valence-corrected chi connectivity index (χ4v) is 3.63. The Balaban J connectivity index is 1.56. The van der Waals surface area contributed by atoms with Gasteiger partial charge in [-0.15, -0.1) is 0 Å². The summed E-state index contributed by atoms with van der Waals surface area (Å²) in [6, 6.07) is 15.0. The summed E-state index contributed by atoms with van der Waals surface area (Å²) in [6.45, 7) is 2.33. The van der Waals surface area contributed by atoms with Gasteiger partial charge in [0.2, 0.25) is 11.6 Å². The molecule has 4 rings (SSSR count). The molecule has 0 radical (unpaired) electrons. The summed E-state index contributed by atoms with van der Waals surface area (Å²) in [5.74, 6) is 1.50. The molecule has 0 atom stereocenters. The number of methoxy groups -OCH3 is 2. The first-order valence-corrected chi connectivity index (χ1v) is 10.6. The minimum atomic E-state index is -0.491. The number of nitrogens with one attached hydrogen (secondary N) is 2. The van der Waals surface area contributed by atoms with Crippen LogP contribution in [0.3, 0.4) is 0 Å². The summed E-state index contributed by atoms with van der Waals surface area (Å²) in [7, 11) is 3.15. The molecule has 0 spiro atoms. The molecule has 2 aromatic heterocycles. The van der Waals surface area contributed by atoms with E-state index < -0.39 is 4.92 Å². The smallest absolute Gasteiger partial charge is 0.353 e. The number of fused-ring (bicyclic) bond motifs is 1. The number of benzene rings is 2. The van der Waals surface area contributed by atoms with Crippen molar-refractivity contribution in [3.05, 3.63) is 76.2 Å². The number of aryl methyl sites for hydroxylation is 1. The van der Waals surface area contributed by atoms with Gasteiger partial charge in [0.1, 0.15) is 6.33 Å². The van der Waals surface area contributed by atoms with Crippen molar-refractivity contribution in [2.45, 2.75) is 13.3 Å². The van der Waals surface area contributed by atoms with Crippen LogP contribution in [-0.4, -0.2) is 40.6 Å². The highest BCUT2D eigenvalue weighted by Crippen LogP contribution is 2.33. The number of hydrogen-bond donors (Lipinski definition) is 2. The molecule has 0 saturated carbocycles. The predicted molar refractivity (Wildman–Crippen MR) is 130 cm³/mol. The van der Waals surface area contributed by atoms with E-state index in [1.165, 1.54) is 6.33 Å². The molecule has 0 saturated heterocycles. The molecule has 0 aliphatic rings. The molecule has 10 heteroatoms. The number of aromatic nitrogens is 3. The molecule has 0 aliphatic heterocycles. The molecule has 174 valence electrons. The third-order valence-electron chi connectivity index (χ3n) is 5.28. The van der Waals surface area contributed by atoms with Crippen molar-refractivity contribution in [2.24, 2.45) is 0 Å². The SMILES string of the molecule is COc1ccc(CCNc2ncnc(Nc3cccc4nc(C)ccc34)c2[N+](=O)[O-])cc1OC. The Kier molecular flexibility index (Phi) is 6.67. The Labute approximate surface area is 196 Å². The maximum Gasteiger partial charge on any atom is 0.353 e. The molecule has 0 amide bonds. The minimum absolute atomic E-state index is 0.0988. The van der Waals surface area contributed by atoms with Gasteiger partial charge in [-0.1, -0.05) is 12.1 Å². The summed E-state index contributed by atoms with van der Waals surface area (Å²) < 4.78 is 10.6. The maximum atomic E-state index is 11.9. The van der Waals surface area contributed by atoms with E-state index in [1.54, 1.807) is 14.2 Å². The van der Waals surface area contributed by atoms with Crippen LogP contribution in [0.15, 0.2) is 54.9 Å². The van der Waals surface area contributed by atoms with Gasteiger partial charge in [-0.3, -0.25) is 15.1 Å². The molecule has 0 bridgehead atoms. The average molecular weight is 460 g/mol. The zero-order chi connectivity index (χ0) is 24.1. The van der Waals surface area contributed by atoms with Gasteiger partial charge >= 0.3 is 5.69 Å². The molecule has 2 aromatic carbocycles. The summed E-state index contributed by atoms with van der Waals surface area (Å²) >= 11 is 0. The first-order valence-electron chi connectivity index (χ1n) is 10.6. The zero-order valence-corrected chi connectivity index (χ0v) is 19.0. The van der Waals surface area contributed by atoms with Crippen LogP contribution < -0.4 is 20.1 Å². The second-order valence-corrected chi connectivity index (χ2v) is 7.49. The monoisotopic (exact) mass is 460 g/mol. The number of pyridine rings is 1. The van der Waals surface area contributed by atoms with Gasteiger partial charge in [-0.25, -0.2) is 9.97 Å². The van der Waals surface area contributed by atoms with Crippen molar-refractivity contribution in [1.29, 1.82) is 0 Å². The molecule has 2 heterocycles. The van der Waals surface area contributed by atoms with Crippen molar-refractivity contribution in [3.63, 3.8) is 0 Å². The first-order chi connectivity index (χ1) is 16.5. The van der Waals surface area contributed by atoms with Crippen molar-refractivity contribution in [3.8, 4) is 11.5 Å². The molecule has 10 nitrogen and oxygen atoms in total. The lowest BCUT2D eigenvalue weighted by molar-refractivity contribution is -0.383. The Morgan fingerprint density at radius 1 is 1.00 bits per heavy atom. The van der Waals surface area contributed by atoms with E-state index >= 15 is 0 Å². The van der Waals surface area contributed by atoms with Gasteiger partial charge in [0.15, 0.2) is 11.5 Å². The summed E-state index contributed by atoms with van der Waals surface area (Å²) in [5.41, 5.74) is 3.10. The minimum Gasteiger partial charge on any atom is -0.493 e. The van der Waals surface area contributed by atoms with Crippen LogP contribution in [0.4, 0.5) is 23.0 Å². The van der Waals surface area contributed by atoms with Gasteiger partial charge in [0.25, 0.3) is 0 Å². The number of rotatable bonds is 9. The highest BCUT2D eigenvalue weighted by Gasteiger charge is 2.23. The number of nitrogens with zero attached hydrogens (tertiary/aromatic N) is 4. The lowest BCUT2D eigenvalue weighted by Crippen LogP contribution is -2.11. The number of hydrogen-bond acceptors (Lipinski definition) is 9. The third-order valence-corrected chi connectivity index (χ3v) is 5.28. The third kappa shape index (κ3) is 4.80. The molecular weight excluding hydrogens is 436 g/mol. The van der Waals surface area contributed by atoms with Crippen molar-refractivity contribution in [2.75, 3.05) is 31.4 Å². The standard InChI is InChI=1S/C24H24N6O4/c1-15-7-9-17-18(28-15)5-4-6-19(17)29-24-22(30(31)32)23(26-14-27-24)25-12-11-16-8-10-20(33-2)21(13-16)34-3/h4-10,13-14H,11-12H2,1-3H3,(H2,25,26,27,29). The lowest BCUT2D eigenvalue weighted by Gasteiger charge is -2.12.